The summed E-state index contributed by atoms with van der Waals surface area (Å²) >= 11 is 0. The molecule has 1 aliphatic heterocycles. The van der Waals surface area contributed by atoms with Crippen LogP contribution in [0.15, 0.2) is 61.2 Å². The molecule has 1 N–H and O–H groups in total. The first-order chi connectivity index (χ1) is 16.6. The van der Waals surface area contributed by atoms with Gasteiger partial charge in [0.05, 0.1) is 12.2 Å². The highest BCUT2D eigenvalue weighted by atomic mass is 35.5. The molecule has 2 fully saturated rings. The number of carbonyl (C=O) groups is 1. The van der Waals surface area contributed by atoms with Gasteiger partial charge in [-0.05, 0) is 55.9 Å². The van der Waals surface area contributed by atoms with Gasteiger partial charge in [-0.15, -0.1) is 35.0 Å². The summed E-state index contributed by atoms with van der Waals surface area (Å²) in [6.45, 7) is 1.32. The van der Waals surface area contributed by atoms with E-state index in [0.717, 1.165) is 43.6 Å². The number of ether oxygens (including phenoxy) is 1. The molecular formula is C24H26Cl2FN7O2. The fourth-order valence-electron chi connectivity index (χ4n) is 4.90. The van der Waals surface area contributed by atoms with Crippen molar-refractivity contribution in [1.82, 2.24) is 24.4 Å². The zero-order valence-corrected chi connectivity index (χ0v) is 20.9. The van der Waals surface area contributed by atoms with E-state index in [2.05, 4.69) is 20.6 Å². The molecule has 6 rings (SSSR count). The Kier molecular flexibility index (Phi) is 7.37. The Hall–Kier alpha value is -3.37. The van der Waals surface area contributed by atoms with Crippen LogP contribution in [0.25, 0.3) is 11.3 Å². The maximum Gasteiger partial charge on any atom is 0.415 e. The van der Waals surface area contributed by atoms with Gasteiger partial charge in [0, 0.05) is 25.0 Å². The maximum atomic E-state index is 14.0. The van der Waals surface area contributed by atoms with Crippen LogP contribution in [0, 0.1) is 11.7 Å². The van der Waals surface area contributed by atoms with E-state index in [9.17, 15) is 9.18 Å². The molecule has 4 aromatic rings. The molecule has 0 atom stereocenters. The fourth-order valence-corrected chi connectivity index (χ4v) is 4.90. The smallest absolute Gasteiger partial charge is 0.415 e. The molecule has 1 spiro atoms. The first-order valence-corrected chi connectivity index (χ1v) is 11.4. The molecule has 1 amide bonds. The maximum absolute atomic E-state index is 14.0. The molecule has 12 heteroatoms. The molecule has 0 radical (unpaired) electrons. The molecule has 3 aromatic heterocycles. The lowest BCUT2D eigenvalue weighted by molar-refractivity contribution is 0.0148. The molecule has 1 saturated heterocycles. The van der Waals surface area contributed by atoms with Crippen LogP contribution in [0.2, 0.25) is 0 Å². The highest BCUT2D eigenvalue weighted by Crippen LogP contribution is 2.40. The largest absolute Gasteiger partial charge is 0.441 e. The van der Waals surface area contributed by atoms with Gasteiger partial charge >= 0.3 is 6.09 Å². The molecule has 1 saturated carbocycles. The van der Waals surface area contributed by atoms with Crippen molar-refractivity contribution in [3.63, 3.8) is 0 Å². The summed E-state index contributed by atoms with van der Waals surface area (Å²) < 4.78 is 23.2. The highest BCUT2D eigenvalue weighted by molar-refractivity contribution is 5.90. The average Bonchev–Trinajstić information content (AvgIpc) is 3.58. The van der Waals surface area contributed by atoms with Gasteiger partial charge in [-0.1, -0.05) is 12.1 Å². The van der Waals surface area contributed by atoms with Crippen LogP contribution in [0.5, 0.6) is 0 Å². The summed E-state index contributed by atoms with van der Waals surface area (Å²) in [5, 5.41) is 15.7. The van der Waals surface area contributed by atoms with Crippen LogP contribution < -0.4 is 10.2 Å². The van der Waals surface area contributed by atoms with Crippen molar-refractivity contribution in [3.8, 4) is 5.69 Å². The average molecular weight is 534 g/mol. The van der Waals surface area contributed by atoms with E-state index in [4.69, 9.17) is 4.74 Å². The van der Waals surface area contributed by atoms with Crippen molar-refractivity contribution >= 4 is 48.1 Å². The SMILES string of the molecule is Cl.Cl.O=C1OC2(CCC(CNc3ccn(-c4ccccc4F)n3)CC2)CN1c1ccc2nncn2c1. The Balaban J connectivity index is 0.00000152. The molecule has 190 valence electrons. The van der Waals surface area contributed by atoms with Crippen molar-refractivity contribution in [2.24, 2.45) is 5.92 Å². The molecule has 0 unspecified atom stereocenters. The predicted octanol–water partition coefficient (Wildman–Crippen LogP) is 4.90. The molecule has 36 heavy (non-hydrogen) atoms. The Bertz CT molecular complexity index is 1350. The van der Waals surface area contributed by atoms with Gasteiger partial charge in [-0.2, -0.15) is 5.10 Å². The van der Waals surface area contributed by atoms with Gasteiger partial charge in [0.15, 0.2) is 5.65 Å². The van der Waals surface area contributed by atoms with Crippen molar-refractivity contribution in [1.29, 1.82) is 0 Å². The van der Waals surface area contributed by atoms with Crippen molar-refractivity contribution in [2.75, 3.05) is 23.3 Å². The third-order valence-electron chi connectivity index (χ3n) is 6.83. The number of nitrogens with one attached hydrogen (secondary N) is 1. The molecule has 0 bridgehead atoms. The third-order valence-corrected chi connectivity index (χ3v) is 6.83. The van der Waals surface area contributed by atoms with E-state index in [0.29, 0.717) is 24.0 Å². The second kappa shape index (κ2) is 10.3. The lowest BCUT2D eigenvalue weighted by Crippen LogP contribution is -2.39. The third kappa shape index (κ3) is 4.83. The van der Waals surface area contributed by atoms with Gasteiger partial charge < -0.3 is 10.1 Å². The summed E-state index contributed by atoms with van der Waals surface area (Å²) in [6, 6.07) is 12.1. The minimum atomic E-state index is -0.442. The number of rotatable bonds is 5. The lowest BCUT2D eigenvalue weighted by Gasteiger charge is -2.35. The van der Waals surface area contributed by atoms with E-state index in [1.54, 1.807) is 40.0 Å². The summed E-state index contributed by atoms with van der Waals surface area (Å²) in [7, 11) is 0. The molecule has 4 heterocycles. The Morgan fingerprint density at radius 2 is 1.92 bits per heavy atom. The number of anilines is 2. The van der Waals surface area contributed by atoms with E-state index in [-0.39, 0.29) is 36.7 Å². The van der Waals surface area contributed by atoms with Crippen molar-refractivity contribution < 1.29 is 13.9 Å². The van der Waals surface area contributed by atoms with E-state index in [1.165, 1.54) is 10.7 Å². The number of nitrogens with zero attached hydrogens (tertiary/aromatic N) is 6. The monoisotopic (exact) mass is 533 g/mol. The summed E-state index contributed by atoms with van der Waals surface area (Å²) in [4.78, 5) is 14.4. The number of hydrogen-bond acceptors (Lipinski definition) is 6. The summed E-state index contributed by atoms with van der Waals surface area (Å²) in [5.74, 6) is 0.855. The highest BCUT2D eigenvalue weighted by Gasteiger charge is 2.47. The van der Waals surface area contributed by atoms with Crippen LogP contribution >= 0.6 is 24.8 Å². The van der Waals surface area contributed by atoms with Gasteiger partial charge in [0.2, 0.25) is 0 Å². The molecule has 9 nitrogen and oxygen atoms in total. The minimum absolute atomic E-state index is 0. The second-order valence-corrected chi connectivity index (χ2v) is 9.04. The summed E-state index contributed by atoms with van der Waals surface area (Å²) in [6.07, 6.45) is 8.46. The number of hydrogen-bond donors (Lipinski definition) is 1. The molecule has 1 aromatic carbocycles. The topological polar surface area (TPSA) is 89.6 Å². The van der Waals surface area contributed by atoms with Gasteiger partial charge in [-0.3, -0.25) is 9.30 Å². The molecular weight excluding hydrogens is 508 g/mol. The number of carbonyl (C=O) groups excluding carboxylic acids is 1. The predicted molar refractivity (Wildman–Crippen MR) is 138 cm³/mol. The Morgan fingerprint density at radius 1 is 1.11 bits per heavy atom. The number of amides is 1. The quantitative estimate of drug-likeness (QED) is 0.392. The van der Waals surface area contributed by atoms with E-state index >= 15 is 0 Å². The zero-order valence-electron chi connectivity index (χ0n) is 19.3. The number of halogens is 3. The van der Waals surface area contributed by atoms with Crippen LogP contribution in [0.1, 0.15) is 25.7 Å². The molecule has 2 aliphatic rings. The van der Waals surface area contributed by atoms with E-state index in [1.807, 2.05) is 24.4 Å². The Labute approximate surface area is 219 Å². The number of benzene rings is 1. The van der Waals surface area contributed by atoms with Gasteiger partial charge in [0.25, 0.3) is 0 Å². The van der Waals surface area contributed by atoms with Gasteiger partial charge in [0.1, 0.15) is 29.3 Å². The number of para-hydroxylation sites is 1. The first kappa shape index (κ1) is 25.7. The van der Waals surface area contributed by atoms with Gasteiger partial charge in [-0.25, -0.2) is 13.9 Å². The van der Waals surface area contributed by atoms with Crippen LogP contribution in [-0.4, -0.2) is 49.2 Å². The van der Waals surface area contributed by atoms with Crippen molar-refractivity contribution in [2.45, 2.75) is 31.3 Å². The number of fused-ring (bicyclic) bond motifs is 1. The van der Waals surface area contributed by atoms with Crippen LogP contribution in [-0.2, 0) is 4.74 Å². The standard InChI is InChI=1S/C24H24FN7O2.2ClH/c25-19-3-1-2-4-20(19)32-12-9-21(29-32)26-13-17-7-10-24(11-8-17)15-31(23(33)34-24)18-5-6-22-28-27-16-30(22)14-18;;/h1-6,9,12,14,16-17H,7-8,10-11,13,15H2,(H,26,29);2*1H. The van der Waals surface area contributed by atoms with E-state index < -0.39 is 5.60 Å². The Morgan fingerprint density at radius 3 is 2.72 bits per heavy atom. The number of pyridine rings is 1. The lowest BCUT2D eigenvalue weighted by atomic mass is 9.78. The minimum Gasteiger partial charge on any atom is -0.441 e. The van der Waals surface area contributed by atoms with Crippen LogP contribution in [0.3, 0.4) is 0 Å². The van der Waals surface area contributed by atoms with Crippen LogP contribution in [0.4, 0.5) is 20.7 Å². The fraction of sp³-hybridized carbons (Fsp3) is 0.333. The molecule has 1 aliphatic carbocycles. The number of aromatic nitrogens is 5. The van der Waals surface area contributed by atoms with Crippen molar-refractivity contribution in [3.05, 3.63) is 67.0 Å². The normalized spacial score (nSPS) is 21.2. The summed E-state index contributed by atoms with van der Waals surface area (Å²) in [5.41, 5.74) is 1.50. The first-order valence-electron chi connectivity index (χ1n) is 11.4. The second-order valence-electron chi connectivity index (χ2n) is 9.04. The zero-order chi connectivity index (χ0) is 23.1.